The number of likely N-dealkylation sites (N-methyl/N-ethyl adjacent to an activating group) is 1. The third kappa shape index (κ3) is 17.7. The largest absolute Gasteiger partial charge is 0.477 e. The maximum Gasteiger partial charge on any atom is 0.362 e. The third-order valence-corrected chi connectivity index (χ3v) is 4.78. The Balaban J connectivity index is 3.74. The molecule has 0 saturated carbocycles. The molecule has 0 amide bonds. The van der Waals surface area contributed by atoms with Gasteiger partial charge in [-0.25, -0.2) is 4.79 Å². The number of esters is 1. The molecule has 0 aromatic rings. The first-order chi connectivity index (χ1) is 15.2. The van der Waals surface area contributed by atoms with Crippen LogP contribution < -0.4 is 0 Å². The number of aliphatic hydroxyl groups is 1. The Labute approximate surface area is 194 Å². The molecule has 0 aliphatic rings. The second-order valence-electron chi connectivity index (χ2n) is 8.71. The fraction of sp³-hybridized carbons (Fsp3) is 0.680. The van der Waals surface area contributed by atoms with Crippen LogP contribution in [0.2, 0.25) is 0 Å². The van der Waals surface area contributed by atoms with E-state index in [2.05, 4.69) is 43.4 Å². The SMILES string of the molecule is CC/C=C/C/C=C/C/C=C/CCCCC(=O)OCC(O)COCCC(C(=O)O)[N+](C)(C)C. The van der Waals surface area contributed by atoms with Gasteiger partial charge in [0, 0.05) is 12.8 Å². The van der Waals surface area contributed by atoms with Crippen molar-refractivity contribution in [3.05, 3.63) is 36.5 Å². The number of carboxylic acids is 1. The Kier molecular flexibility index (Phi) is 17.5. The van der Waals surface area contributed by atoms with Crippen molar-refractivity contribution in [2.45, 2.75) is 70.4 Å². The van der Waals surface area contributed by atoms with E-state index >= 15 is 0 Å². The van der Waals surface area contributed by atoms with Gasteiger partial charge in [-0.05, 0) is 38.5 Å². The summed E-state index contributed by atoms with van der Waals surface area (Å²) in [4.78, 5) is 23.1. The predicted octanol–water partition coefficient (Wildman–Crippen LogP) is 3.88. The van der Waals surface area contributed by atoms with Crippen molar-refractivity contribution in [1.82, 2.24) is 0 Å². The molecule has 0 bridgehead atoms. The first kappa shape index (κ1) is 30.0. The summed E-state index contributed by atoms with van der Waals surface area (Å²) in [5, 5.41) is 19.1. The lowest BCUT2D eigenvalue weighted by Gasteiger charge is -2.31. The summed E-state index contributed by atoms with van der Waals surface area (Å²) in [5.74, 6) is -1.20. The molecule has 0 saturated heterocycles. The molecule has 7 heteroatoms. The molecule has 0 aliphatic carbocycles. The van der Waals surface area contributed by atoms with Crippen molar-refractivity contribution < 1.29 is 33.8 Å². The van der Waals surface area contributed by atoms with Crippen molar-refractivity contribution in [1.29, 1.82) is 0 Å². The van der Waals surface area contributed by atoms with Gasteiger partial charge in [-0.15, -0.1) is 0 Å². The van der Waals surface area contributed by atoms with E-state index < -0.39 is 18.1 Å². The molecule has 0 aliphatic heterocycles. The molecule has 0 rings (SSSR count). The van der Waals surface area contributed by atoms with E-state index in [1.807, 2.05) is 21.1 Å². The number of aliphatic carboxylic acids is 1. The number of carboxylic acid groups (broad SMARTS) is 1. The van der Waals surface area contributed by atoms with Gasteiger partial charge in [-0.2, -0.15) is 0 Å². The molecule has 32 heavy (non-hydrogen) atoms. The fourth-order valence-corrected chi connectivity index (χ4v) is 2.92. The van der Waals surface area contributed by atoms with E-state index in [0.29, 0.717) is 17.3 Å². The molecule has 0 radical (unpaired) electrons. The second-order valence-corrected chi connectivity index (χ2v) is 8.71. The van der Waals surface area contributed by atoms with Crippen LogP contribution in [-0.4, -0.2) is 79.7 Å². The molecule has 0 aromatic carbocycles. The van der Waals surface area contributed by atoms with E-state index in [4.69, 9.17) is 9.47 Å². The van der Waals surface area contributed by atoms with Crippen LogP contribution in [0, 0.1) is 0 Å². The summed E-state index contributed by atoms with van der Waals surface area (Å²) in [6.07, 6.45) is 18.2. The highest BCUT2D eigenvalue weighted by atomic mass is 16.5. The van der Waals surface area contributed by atoms with Crippen molar-refractivity contribution in [3.63, 3.8) is 0 Å². The van der Waals surface area contributed by atoms with Crippen molar-refractivity contribution in [2.75, 3.05) is 41.0 Å². The van der Waals surface area contributed by atoms with E-state index in [0.717, 1.165) is 38.5 Å². The lowest BCUT2D eigenvalue weighted by atomic mass is 10.1. The Morgan fingerprint density at radius 2 is 1.56 bits per heavy atom. The molecule has 0 fully saturated rings. The number of rotatable bonds is 19. The molecule has 0 aromatic heterocycles. The number of nitrogens with zero attached hydrogens (tertiary/aromatic N) is 1. The number of quaternary nitrogens is 1. The summed E-state index contributed by atoms with van der Waals surface area (Å²) in [7, 11) is 5.44. The zero-order chi connectivity index (χ0) is 24.2. The van der Waals surface area contributed by atoms with Gasteiger partial charge in [0.15, 0.2) is 6.04 Å². The highest BCUT2D eigenvalue weighted by molar-refractivity contribution is 5.72. The monoisotopic (exact) mass is 454 g/mol. The average molecular weight is 455 g/mol. The first-order valence-corrected chi connectivity index (χ1v) is 11.6. The minimum atomic E-state index is -0.917. The van der Waals surface area contributed by atoms with Crippen molar-refractivity contribution in [2.24, 2.45) is 0 Å². The highest BCUT2D eigenvalue weighted by Gasteiger charge is 2.30. The fourth-order valence-electron chi connectivity index (χ4n) is 2.92. The Morgan fingerprint density at radius 3 is 2.16 bits per heavy atom. The van der Waals surface area contributed by atoms with Crippen LogP contribution in [-0.2, 0) is 19.1 Å². The quantitative estimate of drug-likeness (QED) is 0.133. The number of hydrogen-bond donors (Lipinski definition) is 2. The molecule has 2 unspecified atom stereocenters. The average Bonchev–Trinajstić information content (AvgIpc) is 2.71. The van der Waals surface area contributed by atoms with Crippen molar-refractivity contribution in [3.8, 4) is 0 Å². The van der Waals surface area contributed by atoms with Crippen LogP contribution in [0.25, 0.3) is 0 Å². The van der Waals surface area contributed by atoms with Crippen LogP contribution >= 0.6 is 0 Å². The number of unbranched alkanes of at least 4 members (excludes halogenated alkanes) is 2. The lowest BCUT2D eigenvalue weighted by Crippen LogP contribution is -2.50. The zero-order valence-electron chi connectivity index (χ0n) is 20.4. The molecular formula is C25H44NO6+. The van der Waals surface area contributed by atoms with Gasteiger partial charge in [-0.3, -0.25) is 4.79 Å². The van der Waals surface area contributed by atoms with Gasteiger partial charge in [0.2, 0.25) is 0 Å². The van der Waals surface area contributed by atoms with Crippen LogP contribution in [0.4, 0.5) is 0 Å². The molecule has 7 nitrogen and oxygen atoms in total. The van der Waals surface area contributed by atoms with Crippen LogP contribution in [0.5, 0.6) is 0 Å². The molecule has 0 spiro atoms. The Morgan fingerprint density at radius 1 is 0.938 bits per heavy atom. The summed E-state index contributed by atoms with van der Waals surface area (Å²) in [5.41, 5.74) is 0. The molecular weight excluding hydrogens is 410 g/mol. The van der Waals surface area contributed by atoms with Crippen LogP contribution in [0.1, 0.15) is 58.3 Å². The highest BCUT2D eigenvalue weighted by Crippen LogP contribution is 2.08. The van der Waals surface area contributed by atoms with Gasteiger partial charge in [-0.1, -0.05) is 43.4 Å². The van der Waals surface area contributed by atoms with E-state index in [9.17, 15) is 19.8 Å². The summed E-state index contributed by atoms with van der Waals surface area (Å²) >= 11 is 0. The number of hydrogen-bond acceptors (Lipinski definition) is 5. The molecule has 0 heterocycles. The number of allylic oxidation sites excluding steroid dienone is 6. The van der Waals surface area contributed by atoms with Gasteiger partial charge < -0.3 is 24.2 Å². The van der Waals surface area contributed by atoms with Gasteiger partial charge >= 0.3 is 11.9 Å². The number of carbonyl (C=O) groups excluding carboxylic acids is 1. The predicted molar refractivity (Wildman–Crippen MR) is 127 cm³/mol. The minimum absolute atomic E-state index is 0.00486. The maximum absolute atomic E-state index is 11.8. The smallest absolute Gasteiger partial charge is 0.362 e. The second kappa shape index (κ2) is 18.6. The summed E-state index contributed by atoms with van der Waals surface area (Å²) in [6.45, 7) is 2.23. The first-order valence-electron chi connectivity index (χ1n) is 11.6. The third-order valence-electron chi connectivity index (χ3n) is 4.78. The van der Waals surface area contributed by atoms with E-state index in [1.54, 1.807) is 0 Å². The molecule has 2 N–H and O–H groups in total. The minimum Gasteiger partial charge on any atom is -0.477 e. The van der Waals surface area contributed by atoms with Crippen LogP contribution in [0.3, 0.4) is 0 Å². The van der Waals surface area contributed by atoms with Gasteiger partial charge in [0.25, 0.3) is 0 Å². The number of ether oxygens (including phenoxy) is 2. The van der Waals surface area contributed by atoms with Crippen molar-refractivity contribution >= 4 is 11.9 Å². The Hall–Kier alpha value is -1.96. The molecule has 2 atom stereocenters. The lowest BCUT2D eigenvalue weighted by molar-refractivity contribution is -0.887. The number of carbonyl (C=O) groups is 2. The van der Waals surface area contributed by atoms with E-state index in [-0.39, 0.29) is 25.8 Å². The summed E-state index contributed by atoms with van der Waals surface area (Å²) in [6, 6.07) is -0.579. The Bertz CT molecular complexity index is 592. The molecule has 184 valence electrons. The van der Waals surface area contributed by atoms with Gasteiger partial charge in [0.1, 0.15) is 12.7 Å². The topological polar surface area (TPSA) is 93.1 Å². The van der Waals surface area contributed by atoms with Gasteiger partial charge in [0.05, 0.1) is 34.4 Å². The maximum atomic E-state index is 11.8. The zero-order valence-corrected chi connectivity index (χ0v) is 20.4. The number of aliphatic hydroxyl groups excluding tert-OH is 1. The van der Waals surface area contributed by atoms with Crippen LogP contribution in [0.15, 0.2) is 36.5 Å². The normalized spacial score (nSPS) is 14.4. The van der Waals surface area contributed by atoms with E-state index in [1.165, 1.54) is 0 Å². The standard InChI is InChI=1S/C25H43NO6/c1-5-6-7-8-9-10-11-12-13-14-15-16-17-24(28)32-21-22(27)20-31-19-18-23(25(29)30)26(2,3)4/h6-7,9-10,12-13,22-23,27H,5,8,11,14-21H2,1-4H3/p+1/b7-6+,10-9+,13-12+. The summed E-state index contributed by atoms with van der Waals surface area (Å²) < 4.78 is 10.7.